The maximum absolute atomic E-state index is 11.9. The van der Waals surface area contributed by atoms with Crippen LogP contribution in [0.2, 0.25) is 5.02 Å². The monoisotopic (exact) mass is 293 g/mol. The summed E-state index contributed by atoms with van der Waals surface area (Å²) in [4.78, 5) is 15.9. The normalized spacial score (nSPS) is 13.8. The first-order chi connectivity index (χ1) is 9.02. The zero-order valence-corrected chi connectivity index (χ0v) is 11.9. The minimum absolute atomic E-state index is 0.397. The summed E-state index contributed by atoms with van der Waals surface area (Å²) in [6.45, 7) is 1.83. The molecule has 2 aromatic rings. The van der Waals surface area contributed by atoms with Crippen LogP contribution >= 0.6 is 23.2 Å². The maximum Gasteiger partial charge on any atom is 0.232 e. The third kappa shape index (κ3) is 3.14. The van der Waals surface area contributed by atoms with Gasteiger partial charge in [-0.05, 0) is 60.3 Å². The fourth-order valence-corrected chi connectivity index (χ4v) is 2.39. The first-order valence-electron chi connectivity index (χ1n) is 5.87. The smallest absolute Gasteiger partial charge is 0.232 e. The Kier molecular flexibility index (Phi) is 4.23. The van der Waals surface area contributed by atoms with Crippen LogP contribution in [0.3, 0.4) is 0 Å². The van der Waals surface area contributed by atoms with Gasteiger partial charge in [-0.2, -0.15) is 0 Å². The highest BCUT2D eigenvalue weighted by Crippen LogP contribution is 2.32. The van der Waals surface area contributed by atoms with Crippen LogP contribution < -0.4 is 0 Å². The molecular weight excluding hydrogens is 281 g/mol. The molecular formula is C15H13Cl2NO. The Bertz CT molecular complexity index is 586. The average Bonchev–Trinajstić information content (AvgIpc) is 2.39. The molecule has 0 bridgehead atoms. The molecule has 0 aliphatic carbocycles. The van der Waals surface area contributed by atoms with Gasteiger partial charge in [0.1, 0.15) is 0 Å². The summed E-state index contributed by atoms with van der Waals surface area (Å²) in [7, 11) is 0. The summed E-state index contributed by atoms with van der Waals surface area (Å²) >= 11 is 11.8. The van der Waals surface area contributed by atoms with Crippen molar-refractivity contribution in [1.29, 1.82) is 0 Å². The van der Waals surface area contributed by atoms with Gasteiger partial charge in [-0.25, -0.2) is 0 Å². The van der Waals surface area contributed by atoms with Gasteiger partial charge in [-0.1, -0.05) is 23.7 Å². The lowest BCUT2D eigenvalue weighted by Gasteiger charge is -2.26. The van der Waals surface area contributed by atoms with Crippen LogP contribution in [0.4, 0.5) is 0 Å². The summed E-state index contributed by atoms with van der Waals surface area (Å²) in [6.07, 6.45) is 3.91. The van der Waals surface area contributed by atoms with Gasteiger partial charge in [0.15, 0.2) is 0 Å². The minimum Gasteiger partial charge on any atom is -0.280 e. The summed E-state index contributed by atoms with van der Waals surface area (Å²) in [5.74, 6) is 0. The van der Waals surface area contributed by atoms with Gasteiger partial charge in [0.05, 0.1) is 5.41 Å². The number of carbonyl (C=O) groups excluding carboxylic acids is 1. The largest absolute Gasteiger partial charge is 0.280 e. The fourth-order valence-electron chi connectivity index (χ4n) is 2.03. The van der Waals surface area contributed by atoms with E-state index < -0.39 is 10.7 Å². The van der Waals surface area contributed by atoms with Crippen molar-refractivity contribution in [3.63, 3.8) is 0 Å². The van der Waals surface area contributed by atoms with Crippen molar-refractivity contribution >= 4 is 28.4 Å². The quantitative estimate of drug-likeness (QED) is 0.798. The molecule has 1 aromatic carbocycles. The van der Waals surface area contributed by atoms with Gasteiger partial charge in [0, 0.05) is 17.4 Å². The Hall–Kier alpha value is -1.38. The van der Waals surface area contributed by atoms with Gasteiger partial charge >= 0.3 is 0 Å². The third-order valence-corrected chi connectivity index (χ3v) is 3.85. The lowest BCUT2D eigenvalue weighted by Crippen LogP contribution is -2.31. The Labute approximate surface area is 122 Å². The molecule has 0 saturated carbocycles. The highest BCUT2D eigenvalue weighted by Gasteiger charge is 2.34. The number of aromatic nitrogens is 1. The van der Waals surface area contributed by atoms with Gasteiger partial charge < -0.3 is 0 Å². The SMILES string of the molecule is CC(Cc1ccncc1)(C(=O)Cl)c1cccc(Cl)c1. The van der Waals surface area contributed by atoms with E-state index in [1.54, 1.807) is 24.5 Å². The molecule has 0 aliphatic heterocycles. The predicted octanol–water partition coefficient (Wildman–Crippen LogP) is 4.00. The number of carbonyl (C=O) groups is 1. The van der Waals surface area contributed by atoms with Crippen molar-refractivity contribution in [3.05, 3.63) is 64.9 Å². The fraction of sp³-hybridized carbons (Fsp3) is 0.200. The number of pyridine rings is 1. The Morgan fingerprint density at radius 2 is 1.95 bits per heavy atom. The summed E-state index contributed by atoms with van der Waals surface area (Å²) in [5.41, 5.74) is 1.02. The first kappa shape index (κ1) is 14.0. The molecule has 0 radical (unpaired) electrons. The average molecular weight is 294 g/mol. The number of halogens is 2. The van der Waals surface area contributed by atoms with Crippen LogP contribution in [-0.4, -0.2) is 10.2 Å². The second-order valence-electron chi connectivity index (χ2n) is 4.65. The molecule has 0 aliphatic rings. The van der Waals surface area contributed by atoms with E-state index in [4.69, 9.17) is 23.2 Å². The summed E-state index contributed by atoms with van der Waals surface area (Å²) in [6, 6.07) is 11.0. The molecule has 2 nitrogen and oxygen atoms in total. The van der Waals surface area contributed by atoms with E-state index in [1.165, 1.54) is 0 Å². The minimum atomic E-state index is -0.798. The van der Waals surface area contributed by atoms with Crippen LogP contribution in [0.15, 0.2) is 48.8 Å². The topological polar surface area (TPSA) is 30.0 Å². The number of rotatable bonds is 4. The van der Waals surface area contributed by atoms with Crippen molar-refractivity contribution in [1.82, 2.24) is 4.98 Å². The van der Waals surface area contributed by atoms with Crippen LogP contribution in [0.1, 0.15) is 18.1 Å². The second-order valence-corrected chi connectivity index (χ2v) is 5.43. The maximum atomic E-state index is 11.9. The lowest BCUT2D eigenvalue weighted by atomic mass is 9.78. The van der Waals surface area contributed by atoms with E-state index in [9.17, 15) is 4.79 Å². The summed E-state index contributed by atoms with van der Waals surface area (Å²) in [5, 5.41) is 0.197. The van der Waals surface area contributed by atoms with Crippen LogP contribution in [-0.2, 0) is 16.6 Å². The Morgan fingerprint density at radius 1 is 1.26 bits per heavy atom. The molecule has 2 rings (SSSR count). The number of benzene rings is 1. The number of hydrogen-bond donors (Lipinski definition) is 0. The van der Waals surface area contributed by atoms with E-state index in [0.29, 0.717) is 11.4 Å². The molecule has 0 N–H and O–H groups in total. The zero-order chi connectivity index (χ0) is 13.9. The van der Waals surface area contributed by atoms with Gasteiger partial charge in [0.2, 0.25) is 5.24 Å². The lowest BCUT2D eigenvalue weighted by molar-refractivity contribution is -0.116. The number of hydrogen-bond acceptors (Lipinski definition) is 2. The highest BCUT2D eigenvalue weighted by molar-refractivity contribution is 6.65. The predicted molar refractivity (Wildman–Crippen MR) is 77.6 cm³/mol. The molecule has 1 heterocycles. The van der Waals surface area contributed by atoms with Gasteiger partial charge in [-0.15, -0.1) is 0 Å². The van der Waals surface area contributed by atoms with E-state index in [1.807, 2.05) is 31.2 Å². The van der Waals surface area contributed by atoms with Crippen LogP contribution in [0.5, 0.6) is 0 Å². The molecule has 0 spiro atoms. The third-order valence-electron chi connectivity index (χ3n) is 3.20. The Balaban J connectivity index is 2.41. The molecule has 98 valence electrons. The van der Waals surface area contributed by atoms with E-state index in [-0.39, 0.29) is 0 Å². The first-order valence-corrected chi connectivity index (χ1v) is 6.63. The van der Waals surface area contributed by atoms with Crippen molar-refractivity contribution in [2.24, 2.45) is 0 Å². The standard InChI is InChI=1S/C15H13Cl2NO/c1-15(14(17)19,10-11-5-7-18-8-6-11)12-3-2-4-13(16)9-12/h2-9H,10H2,1H3. The van der Waals surface area contributed by atoms with Crippen molar-refractivity contribution < 1.29 is 4.79 Å². The number of nitrogens with zero attached hydrogens (tertiary/aromatic N) is 1. The zero-order valence-electron chi connectivity index (χ0n) is 10.4. The second kappa shape index (κ2) is 5.72. The molecule has 0 amide bonds. The molecule has 4 heteroatoms. The van der Waals surface area contributed by atoms with Crippen molar-refractivity contribution in [2.75, 3.05) is 0 Å². The van der Waals surface area contributed by atoms with Gasteiger partial charge in [-0.3, -0.25) is 9.78 Å². The molecule has 1 aromatic heterocycles. The van der Waals surface area contributed by atoms with Gasteiger partial charge in [0.25, 0.3) is 0 Å². The molecule has 1 unspecified atom stereocenters. The van der Waals surface area contributed by atoms with Crippen LogP contribution in [0.25, 0.3) is 0 Å². The molecule has 1 atom stereocenters. The molecule has 19 heavy (non-hydrogen) atoms. The van der Waals surface area contributed by atoms with E-state index in [2.05, 4.69) is 4.98 Å². The van der Waals surface area contributed by atoms with Crippen LogP contribution in [0, 0.1) is 0 Å². The highest BCUT2D eigenvalue weighted by atomic mass is 35.5. The Morgan fingerprint density at radius 3 is 2.53 bits per heavy atom. The van der Waals surface area contributed by atoms with Crippen molar-refractivity contribution in [2.45, 2.75) is 18.8 Å². The summed E-state index contributed by atoms with van der Waals surface area (Å²) < 4.78 is 0. The van der Waals surface area contributed by atoms with E-state index in [0.717, 1.165) is 11.1 Å². The van der Waals surface area contributed by atoms with E-state index >= 15 is 0 Å². The van der Waals surface area contributed by atoms with Crippen molar-refractivity contribution in [3.8, 4) is 0 Å². The molecule has 0 fully saturated rings. The molecule has 0 saturated heterocycles.